The summed E-state index contributed by atoms with van der Waals surface area (Å²) < 4.78 is 0. The van der Waals surface area contributed by atoms with Crippen molar-refractivity contribution in [2.24, 2.45) is 0 Å². The summed E-state index contributed by atoms with van der Waals surface area (Å²) in [7, 11) is 0. The summed E-state index contributed by atoms with van der Waals surface area (Å²) in [6.07, 6.45) is 0. The second kappa shape index (κ2) is 9.14. The number of nitrogens with zero attached hydrogens (tertiary/aromatic N) is 3. The SMILES string of the molecule is O=[N+]([O-])C(c1ccccc1C(c1ccccc1)(c1ccccc1)c1ccccc1)([N+](=O)[O-])[N+](=O)[O-]. The molecule has 9 heteroatoms. The van der Waals surface area contributed by atoms with Gasteiger partial charge >= 0.3 is 5.79 Å². The normalized spacial score (nSPS) is 11.5. The standard InChI is InChI=1S/C26H19N3O6/c30-27(31)26(28(32)33,29(34)35)24-19-11-10-18-23(24)25(20-12-4-1-5-13-20,21-14-6-2-7-15-21)22-16-8-3-9-17-22/h1-19H. The molecule has 0 aliphatic heterocycles. The molecule has 0 aromatic heterocycles. The molecule has 174 valence electrons. The highest BCUT2D eigenvalue weighted by Gasteiger charge is 2.74. The van der Waals surface area contributed by atoms with Crippen LogP contribution in [0.3, 0.4) is 0 Å². The molecular formula is C26H19N3O6. The largest absolute Gasteiger partial charge is 0.728 e. The highest BCUT2D eigenvalue weighted by Crippen LogP contribution is 2.48. The number of rotatable bonds is 8. The third kappa shape index (κ3) is 3.50. The average molecular weight is 469 g/mol. The first-order valence-electron chi connectivity index (χ1n) is 10.6. The van der Waals surface area contributed by atoms with E-state index < -0.39 is 31.5 Å². The van der Waals surface area contributed by atoms with Crippen LogP contribution in [0.2, 0.25) is 0 Å². The zero-order valence-electron chi connectivity index (χ0n) is 18.3. The number of hydrogen-bond acceptors (Lipinski definition) is 6. The third-order valence-corrected chi connectivity index (χ3v) is 6.08. The Morgan fingerprint density at radius 2 is 0.714 bits per heavy atom. The van der Waals surface area contributed by atoms with E-state index in [0.717, 1.165) is 6.07 Å². The maximum absolute atomic E-state index is 12.1. The van der Waals surface area contributed by atoms with Gasteiger partial charge in [0.05, 0.1) is 5.41 Å². The van der Waals surface area contributed by atoms with Gasteiger partial charge in [-0.25, -0.2) is 0 Å². The summed E-state index contributed by atoms with van der Waals surface area (Å²) in [6, 6.07) is 32.3. The van der Waals surface area contributed by atoms with E-state index in [-0.39, 0.29) is 5.56 Å². The molecule has 35 heavy (non-hydrogen) atoms. The predicted molar refractivity (Wildman–Crippen MR) is 127 cm³/mol. The van der Waals surface area contributed by atoms with Gasteiger partial charge in [0, 0.05) is 0 Å². The first kappa shape index (κ1) is 23.2. The van der Waals surface area contributed by atoms with Crippen molar-refractivity contribution in [1.29, 1.82) is 0 Å². The van der Waals surface area contributed by atoms with Gasteiger partial charge in [-0.3, -0.25) is 30.3 Å². The average Bonchev–Trinajstić information content (AvgIpc) is 2.87. The van der Waals surface area contributed by atoms with Crippen LogP contribution in [-0.4, -0.2) is 14.8 Å². The van der Waals surface area contributed by atoms with Crippen molar-refractivity contribution < 1.29 is 14.8 Å². The van der Waals surface area contributed by atoms with E-state index in [1.807, 2.05) is 0 Å². The van der Waals surface area contributed by atoms with E-state index in [2.05, 4.69) is 0 Å². The van der Waals surface area contributed by atoms with E-state index in [1.165, 1.54) is 12.1 Å². The molecule has 0 atom stereocenters. The summed E-state index contributed by atoms with van der Waals surface area (Å²) in [5.74, 6) is -3.81. The van der Waals surface area contributed by atoms with Gasteiger partial charge in [-0.2, -0.15) is 0 Å². The molecule has 9 nitrogen and oxygen atoms in total. The Bertz CT molecular complexity index is 1250. The summed E-state index contributed by atoms with van der Waals surface area (Å²) >= 11 is 0. The van der Waals surface area contributed by atoms with E-state index in [4.69, 9.17) is 0 Å². The van der Waals surface area contributed by atoms with Crippen molar-refractivity contribution in [1.82, 2.24) is 0 Å². The molecule has 4 aromatic carbocycles. The van der Waals surface area contributed by atoms with Crippen LogP contribution in [0.25, 0.3) is 0 Å². The summed E-state index contributed by atoms with van der Waals surface area (Å²) in [6.45, 7) is 0. The first-order valence-corrected chi connectivity index (χ1v) is 10.6. The molecule has 0 N–H and O–H groups in total. The van der Waals surface area contributed by atoms with Gasteiger partial charge < -0.3 is 0 Å². The van der Waals surface area contributed by atoms with Crippen LogP contribution < -0.4 is 0 Å². The van der Waals surface area contributed by atoms with Crippen molar-refractivity contribution in [3.05, 3.63) is 173 Å². The minimum absolute atomic E-state index is 0.0636. The molecular weight excluding hydrogens is 450 g/mol. The zero-order chi connectivity index (χ0) is 25.1. The van der Waals surface area contributed by atoms with Crippen LogP contribution in [0.15, 0.2) is 115 Å². The topological polar surface area (TPSA) is 129 Å². The molecule has 0 saturated carbocycles. The van der Waals surface area contributed by atoms with E-state index in [0.29, 0.717) is 16.7 Å². The molecule has 4 rings (SSSR count). The lowest BCUT2D eigenvalue weighted by atomic mass is 9.63. The Kier molecular flexibility index (Phi) is 6.07. The maximum Gasteiger partial charge on any atom is 0.728 e. The molecule has 4 aromatic rings. The lowest BCUT2D eigenvalue weighted by Gasteiger charge is -2.37. The highest BCUT2D eigenvalue weighted by atomic mass is 16.7. The maximum atomic E-state index is 12.1. The smallest absolute Gasteiger partial charge is 0.252 e. The fraction of sp³-hybridized carbons (Fsp3) is 0.0769. The van der Waals surface area contributed by atoms with Crippen molar-refractivity contribution in [2.45, 2.75) is 11.2 Å². The van der Waals surface area contributed by atoms with Gasteiger partial charge in [0.1, 0.15) is 0 Å². The minimum atomic E-state index is -3.81. The van der Waals surface area contributed by atoms with Gasteiger partial charge in [-0.15, -0.1) is 0 Å². The molecule has 0 amide bonds. The van der Waals surface area contributed by atoms with Crippen LogP contribution in [-0.2, 0) is 11.2 Å². The van der Waals surface area contributed by atoms with E-state index in [1.54, 1.807) is 97.1 Å². The predicted octanol–water partition coefficient (Wildman–Crippen LogP) is 5.01. The zero-order valence-corrected chi connectivity index (χ0v) is 18.3. The third-order valence-electron chi connectivity index (χ3n) is 6.08. The first-order chi connectivity index (χ1) is 16.9. The van der Waals surface area contributed by atoms with Crippen LogP contribution in [0.4, 0.5) is 0 Å². The summed E-state index contributed by atoms with van der Waals surface area (Å²) in [5, 5.41) is 36.3. The lowest BCUT2D eigenvalue weighted by Crippen LogP contribution is -2.52. The fourth-order valence-electron chi connectivity index (χ4n) is 4.63. The van der Waals surface area contributed by atoms with Crippen LogP contribution in [0.5, 0.6) is 0 Å². The Labute approximate surface area is 199 Å². The van der Waals surface area contributed by atoms with Crippen molar-refractivity contribution >= 4 is 0 Å². The molecule has 0 fully saturated rings. The number of hydrogen-bond donors (Lipinski definition) is 0. The molecule has 0 spiro atoms. The second-order valence-corrected chi connectivity index (χ2v) is 7.80. The number of benzene rings is 4. The molecule has 0 aliphatic carbocycles. The molecule has 0 aliphatic rings. The minimum Gasteiger partial charge on any atom is -0.252 e. The van der Waals surface area contributed by atoms with Gasteiger partial charge in [0.2, 0.25) is 0 Å². The van der Waals surface area contributed by atoms with Crippen molar-refractivity contribution in [2.75, 3.05) is 0 Å². The van der Waals surface area contributed by atoms with Crippen LogP contribution in [0.1, 0.15) is 27.8 Å². The molecule has 0 radical (unpaired) electrons. The van der Waals surface area contributed by atoms with Gasteiger partial charge in [0.15, 0.2) is 20.3 Å². The molecule has 0 bridgehead atoms. The lowest BCUT2D eigenvalue weighted by molar-refractivity contribution is -0.986. The van der Waals surface area contributed by atoms with Gasteiger partial charge in [-0.1, -0.05) is 109 Å². The molecule has 0 heterocycles. The highest BCUT2D eigenvalue weighted by molar-refractivity contribution is 5.61. The second-order valence-electron chi connectivity index (χ2n) is 7.80. The molecule has 0 saturated heterocycles. The Morgan fingerprint density at radius 1 is 0.429 bits per heavy atom. The Morgan fingerprint density at radius 3 is 1.03 bits per heavy atom. The summed E-state index contributed by atoms with van der Waals surface area (Å²) in [5.41, 5.74) is -0.00478. The monoisotopic (exact) mass is 469 g/mol. The Balaban J connectivity index is 2.27. The summed E-state index contributed by atoms with van der Waals surface area (Å²) in [4.78, 5) is 32.0. The van der Waals surface area contributed by atoms with Crippen LogP contribution in [0, 0.1) is 30.3 Å². The van der Waals surface area contributed by atoms with Crippen molar-refractivity contribution in [3.63, 3.8) is 0 Å². The number of nitro groups is 3. The van der Waals surface area contributed by atoms with E-state index in [9.17, 15) is 30.3 Å². The van der Waals surface area contributed by atoms with Crippen LogP contribution >= 0.6 is 0 Å². The van der Waals surface area contributed by atoms with Gasteiger partial charge in [0.25, 0.3) is 0 Å². The van der Waals surface area contributed by atoms with Gasteiger partial charge in [-0.05, 0) is 28.3 Å². The Hall–Kier alpha value is -4.92. The van der Waals surface area contributed by atoms with E-state index >= 15 is 0 Å². The quantitative estimate of drug-likeness (QED) is 0.154. The fourth-order valence-corrected chi connectivity index (χ4v) is 4.63. The molecule has 0 unspecified atom stereocenters. The van der Waals surface area contributed by atoms with Crippen molar-refractivity contribution in [3.8, 4) is 0 Å².